The minimum Gasteiger partial charge on any atom is -0.438 e. The van der Waals surface area contributed by atoms with Crippen LogP contribution in [0.15, 0.2) is 0 Å². The van der Waals surface area contributed by atoms with Crippen LogP contribution < -0.4 is 0 Å². The lowest BCUT2D eigenvalue weighted by Gasteiger charge is -2.40. The van der Waals surface area contributed by atoms with Crippen LogP contribution >= 0.6 is 10.9 Å². The smallest absolute Gasteiger partial charge is 0.438 e. The third-order valence-corrected chi connectivity index (χ3v) is 3.66. The van der Waals surface area contributed by atoms with Gasteiger partial charge in [-0.1, -0.05) is 6.92 Å². The molecule has 1 rings (SSSR count). The van der Waals surface area contributed by atoms with E-state index in [9.17, 15) is 13.9 Å². The van der Waals surface area contributed by atoms with Gasteiger partial charge in [0.1, 0.15) is 10.9 Å². The van der Waals surface area contributed by atoms with E-state index in [4.69, 9.17) is 8.92 Å². The Morgan fingerprint density at radius 1 is 1.57 bits per heavy atom. The summed E-state index contributed by atoms with van der Waals surface area (Å²) < 4.78 is 32.6. The van der Waals surface area contributed by atoms with Crippen molar-refractivity contribution < 1.29 is 27.6 Å². The Morgan fingerprint density at radius 3 is 2.71 bits per heavy atom. The molecule has 0 aromatic carbocycles. The number of hydrogen-bond acceptors (Lipinski definition) is 6. The van der Waals surface area contributed by atoms with E-state index in [0.29, 0.717) is 6.42 Å². The Labute approximate surface area is 83.7 Å². The number of ether oxygens (including phenoxy) is 2. The Morgan fingerprint density at radius 2 is 2.21 bits per heavy atom. The lowest BCUT2D eigenvalue weighted by molar-refractivity contribution is 0.0207. The van der Waals surface area contributed by atoms with Gasteiger partial charge in [0.05, 0.1) is 13.7 Å². The summed E-state index contributed by atoms with van der Waals surface area (Å²) in [5, 5.41) is 0. The lowest BCUT2D eigenvalue weighted by atomic mass is 10.1. The van der Waals surface area contributed by atoms with Crippen molar-refractivity contribution in [3.05, 3.63) is 0 Å². The Kier molecular flexibility index (Phi) is 3.59. The van der Waals surface area contributed by atoms with Crippen molar-refractivity contribution in [2.24, 2.45) is 5.92 Å². The topological polar surface area (TPSA) is 85.2 Å². The van der Waals surface area contributed by atoms with Crippen LogP contribution in [0.2, 0.25) is 0 Å². The molecule has 84 valence electrons. The minimum absolute atomic E-state index is 0.159. The maximum absolute atomic E-state index is 10.8. The van der Waals surface area contributed by atoms with Crippen molar-refractivity contribution >= 4 is 17.0 Å². The summed E-state index contributed by atoms with van der Waals surface area (Å²) >= 11 is 0. The van der Waals surface area contributed by atoms with Gasteiger partial charge in [-0.2, -0.15) is 0 Å². The van der Waals surface area contributed by atoms with Crippen molar-refractivity contribution in [3.8, 4) is 0 Å². The van der Waals surface area contributed by atoms with Crippen LogP contribution in [0.4, 0.5) is 4.79 Å². The van der Waals surface area contributed by atoms with Gasteiger partial charge in [-0.15, -0.1) is 0 Å². The fourth-order valence-electron chi connectivity index (χ4n) is 1.18. The van der Waals surface area contributed by atoms with Crippen LogP contribution in [0.25, 0.3) is 0 Å². The lowest BCUT2D eigenvalue weighted by Crippen LogP contribution is -2.36. The number of hydrogen-bond donors (Lipinski definition) is 2. The fraction of sp³-hybridized carbons (Fsp3) is 0.857. The SMILES string of the molecule is COC(=O)OC1C(C)CCOS1(O)O. The zero-order valence-electron chi connectivity index (χ0n) is 8.00. The van der Waals surface area contributed by atoms with Crippen molar-refractivity contribution in [1.82, 2.24) is 0 Å². The molecular weight excluding hydrogens is 212 g/mol. The summed E-state index contributed by atoms with van der Waals surface area (Å²) in [6.45, 7) is 2.01. The van der Waals surface area contributed by atoms with Crippen LogP contribution in [0.3, 0.4) is 0 Å². The van der Waals surface area contributed by atoms with Crippen LogP contribution in [0.5, 0.6) is 0 Å². The Hall–Kier alpha value is -0.500. The second-order valence-electron chi connectivity index (χ2n) is 3.07. The molecule has 1 aliphatic rings. The highest BCUT2D eigenvalue weighted by atomic mass is 32.3. The maximum Gasteiger partial charge on any atom is 0.509 e. The summed E-state index contributed by atoms with van der Waals surface area (Å²) in [5.74, 6) is -0.159. The van der Waals surface area contributed by atoms with Crippen molar-refractivity contribution in [2.75, 3.05) is 13.7 Å². The molecule has 7 heteroatoms. The van der Waals surface area contributed by atoms with Gasteiger partial charge in [-0.05, 0) is 6.42 Å². The molecule has 1 heterocycles. The largest absolute Gasteiger partial charge is 0.509 e. The molecule has 6 nitrogen and oxygen atoms in total. The predicted octanol–water partition coefficient (Wildman–Crippen LogP) is 1.82. The van der Waals surface area contributed by atoms with E-state index in [1.807, 2.05) is 0 Å². The van der Waals surface area contributed by atoms with Crippen LogP contribution in [-0.4, -0.2) is 34.4 Å². The summed E-state index contributed by atoms with van der Waals surface area (Å²) in [6, 6.07) is 0. The predicted molar refractivity (Wildman–Crippen MR) is 49.9 cm³/mol. The first-order chi connectivity index (χ1) is 6.47. The van der Waals surface area contributed by atoms with E-state index in [0.717, 1.165) is 7.11 Å². The van der Waals surface area contributed by atoms with Gasteiger partial charge < -0.3 is 18.6 Å². The number of carbonyl (C=O) groups excluding carboxylic acids is 1. The highest BCUT2D eigenvalue weighted by molar-refractivity contribution is 8.20. The van der Waals surface area contributed by atoms with E-state index in [1.54, 1.807) is 6.92 Å². The maximum atomic E-state index is 10.8. The van der Waals surface area contributed by atoms with Crippen molar-refractivity contribution in [1.29, 1.82) is 0 Å². The second kappa shape index (κ2) is 4.35. The molecule has 0 radical (unpaired) electrons. The van der Waals surface area contributed by atoms with Crippen LogP contribution in [-0.2, 0) is 13.7 Å². The van der Waals surface area contributed by atoms with Crippen LogP contribution in [0, 0.1) is 5.92 Å². The average Bonchev–Trinajstić information content (AvgIpc) is 2.11. The third-order valence-electron chi connectivity index (χ3n) is 1.98. The van der Waals surface area contributed by atoms with Gasteiger partial charge in [-0.25, -0.2) is 4.79 Å². The monoisotopic (exact) mass is 226 g/mol. The number of methoxy groups -OCH3 is 1. The van der Waals surface area contributed by atoms with Gasteiger partial charge in [0.2, 0.25) is 5.44 Å². The standard InChI is InChI=1S/C7H14O6S/c1-5-3-4-12-14(9,10)6(5)13-7(8)11-2/h5-6,9-10H,3-4H2,1-2H3. The highest BCUT2D eigenvalue weighted by Gasteiger charge is 2.42. The molecule has 2 unspecified atom stereocenters. The van der Waals surface area contributed by atoms with Gasteiger partial charge in [-0.3, -0.25) is 4.18 Å². The highest BCUT2D eigenvalue weighted by Crippen LogP contribution is 2.52. The molecule has 2 N–H and O–H groups in total. The molecule has 0 aliphatic carbocycles. The molecule has 0 aromatic rings. The van der Waals surface area contributed by atoms with Crippen molar-refractivity contribution in [3.63, 3.8) is 0 Å². The zero-order valence-corrected chi connectivity index (χ0v) is 8.82. The molecule has 0 saturated carbocycles. The number of carbonyl (C=O) groups is 1. The van der Waals surface area contributed by atoms with E-state index >= 15 is 0 Å². The van der Waals surface area contributed by atoms with E-state index in [1.165, 1.54) is 0 Å². The Bertz CT molecular complexity index is 218. The zero-order chi connectivity index (χ0) is 10.8. The summed E-state index contributed by atoms with van der Waals surface area (Å²) in [4.78, 5) is 10.8. The fourth-order valence-corrected chi connectivity index (χ4v) is 2.61. The van der Waals surface area contributed by atoms with Gasteiger partial charge in [0, 0.05) is 5.92 Å². The van der Waals surface area contributed by atoms with Gasteiger partial charge >= 0.3 is 6.16 Å². The van der Waals surface area contributed by atoms with Crippen molar-refractivity contribution in [2.45, 2.75) is 18.8 Å². The molecule has 1 fully saturated rings. The van der Waals surface area contributed by atoms with E-state index in [-0.39, 0.29) is 12.5 Å². The van der Waals surface area contributed by atoms with Gasteiger partial charge in [0.25, 0.3) is 0 Å². The molecule has 2 atom stereocenters. The molecule has 0 aromatic heterocycles. The Balaban J connectivity index is 2.65. The quantitative estimate of drug-likeness (QED) is 0.663. The molecule has 0 spiro atoms. The normalized spacial score (nSPS) is 33.1. The summed E-state index contributed by atoms with van der Waals surface area (Å²) in [6.07, 6.45) is -0.329. The summed E-state index contributed by atoms with van der Waals surface area (Å²) in [7, 11) is -2.15. The molecular formula is C7H14O6S. The molecule has 1 aliphatic heterocycles. The van der Waals surface area contributed by atoms with Gasteiger partial charge in [0.15, 0.2) is 0 Å². The molecule has 14 heavy (non-hydrogen) atoms. The van der Waals surface area contributed by atoms with Crippen LogP contribution in [0.1, 0.15) is 13.3 Å². The first-order valence-electron chi connectivity index (χ1n) is 4.13. The first-order valence-corrected chi connectivity index (χ1v) is 5.67. The summed E-state index contributed by atoms with van der Waals surface area (Å²) in [5.41, 5.74) is -1.04. The molecule has 1 saturated heterocycles. The average molecular weight is 226 g/mol. The first kappa shape index (κ1) is 11.6. The third kappa shape index (κ3) is 2.50. The second-order valence-corrected chi connectivity index (χ2v) is 4.84. The number of rotatable bonds is 1. The molecule has 0 amide bonds. The van der Waals surface area contributed by atoms with E-state index in [2.05, 4.69) is 4.74 Å². The minimum atomic E-state index is -3.30. The van der Waals surface area contributed by atoms with E-state index < -0.39 is 22.5 Å². The molecule has 0 bridgehead atoms.